The Hall–Kier alpha value is -1.44. The molecule has 128 valence electrons. The summed E-state index contributed by atoms with van der Waals surface area (Å²) in [5, 5.41) is 0. The third-order valence-corrected chi connectivity index (χ3v) is 5.83. The summed E-state index contributed by atoms with van der Waals surface area (Å²) in [6.45, 7) is 3.89. The molecule has 1 atom stereocenters. The highest BCUT2D eigenvalue weighted by Gasteiger charge is 2.31. The molecule has 7 heteroatoms. The van der Waals surface area contributed by atoms with Crippen molar-refractivity contribution in [2.45, 2.75) is 37.9 Å². The summed E-state index contributed by atoms with van der Waals surface area (Å²) in [5.74, 6) is -0.00592. The Labute approximate surface area is 148 Å². The van der Waals surface area contributed by atoms with E-state index >= 15 is 0 Å². The van der Waals surface area contributed by atoms with Crippen molar-refractivity contribution >= 4 is 26.0 Å². The fraction of sp³-hybridized carbons (Fsp3) is 0.294. The van der Waals surface area contributed by atoms with Gasteiger partial charge in [-0.3, -0.25) is 0 Å². The van der Waals surface area contributed by atoms with Crippen molar-refractivity contribution in [3.05, 3.63) is 57.3 Å². The molecule has 1 heterocycles. The molecule has 0 saturated heterocycles. The van der Waals surface area contributed by atoms with Gasteiger partial charge in [0.05, 0.1) is 9.37 Å². The van der Waals surface area contributed by atoms with E-state index in [1.807, 2.05) is 13.8 Å². The average Bonchev–Trinajstić information content (AvgIpc) is 2.89. The number of rotatable bonds is 4. The number of hydrogen-bond donors (Lipinski definition) is 0. The van der Waals surface area contributed by atoms with Gasteiger partial charge in [0, 0.05) is 12.0 Å². The SMILES string of the molecule is CCc1cc(S(=O)(=O)OC2Cc3cc(F)cc(Br)c3O2)ccc1C. The molecule has 0 fully saturated rings. The summed E-state index contributed by atoms with van der Waals surface area (Å²) in [6.07, 6.45) is -0.112. The molecule has 0 amide bonds. The third-order valence-electron chi connectivity index (χ3n) is 3.95. The topological polar surface area (TPSA) is 52.6 Å². The van der Waals surface area contributed by atoms with Crippen LogP contribution in [0.4, 0.5) is 4.39 Å². The highest BCUT2D eigenvalue weighted by molar-refractivity contribution is 9.10. The Morgan fingerprint density at radius 3 is 2.79 bits per heavy atom. The van der Waals surface area contributed by atoms with Gasteiger partial charge in [0.25, 0.3) is 10.1 Å². The normalized spacial score (nSPS) is 16.8. The Morgan fingerprint density at radius 1 is 1.33 bits per heavy atom. The maximum absolute atomic E-state index is 13.4. The zero-order valence-corrected chi connectivity index (χ0v) is 15.6. The molecule has 0 aromatic heterocycles. The first-order valence-corrected chi connectivity index (χ1v) is 9.67. The molecule has 0 aliphatic carbocycles. The second-order valence-electron chi connectivity index (χ2n) is 5.62. The molecule has 4 nitrogen and oxygen atoms in total. The molecule has 2 aromatic carbocycles. The van der Waals surface area contributed by atoms with Crippen molar-refractivity contribution in [3.63, 3.8) is 0 Å². The van der Waals surface area contributed by atoms with Crippen molar-refractivity contribution in [1.29, 1.82) is 0 Å². The zero-order valence-electron chi connectivity index (χ0n) is 13.2. The quantitative estimate of drug-likeness (QED) is 0.705. The number of hydrogen-bond acceptors (Lipinski definition) is 4. The molecular formula is C17H16BrFO4S. The second-order valence-corrected chi connectivity index (χ2v) is 8.05. The third kappa shape index (κ3) is 3.34. The summed E-state index contributed by atoms with van der Waals surface area (Å²) in [6, 6.07) is 7.47. The lowest BCUT2D eigenvalue weighted by Gasteiger charge is -2.13. The Bertz CT molecular complexity index is 896. The molecule has 0 bridgehead atoms. The fourth-order valence-electron chi connectivity index (χ4n) is 2.68. The van der Waals surface area contributed by atoms with Crippen LogP contribution < -0.4 is 4.74 Å². The Balaban J connectivity index is 1.83. The number of fused-ring (bicyclic) bond motifs is 1. The predicted molar refractivity (Wildman–Crippen MR) is 91.0 cm³/mol. The van der Waals surface area contributed by atoms with Gasteiger partial charge in [0.15, 0.2) is 0 Å². The van der Waals surface area contributed by atoms with Crippen molar-refractivity contribution in [1.82, 2.24) is 0 Å². The van der Waals surface area contributed by atoms with Gasteiger partial charge in [-0.25, -0.2) is 8.57 Å². The van der Waals surface area contributed by atoms with E-state index in [4.69, 9.17) is 8.92 Å². The van der Waals surface area contributed by atoms with Crippen LogP contribution in [0.3, 0.4) is 0 Å². The van der Waals surface area contributed by atoms with E-state index < -0.39 is 22.2 Å². The Kier molecular flexibility index (Phi) is 4.68. The number of aryl methyl sites for hydroxylation is 2. The van der Waals surface area contributed by atoms with Crippen LogP contribution in [-0.4, -0.2) is 14.7 Å². The summed E-state index contributed by atoms with van der Waals surface area (Å²) < 4.78 is 49.6. The van der Waals surface area contributed by atoms with E-state index in [1.165, 1.54) is 18.2 Å². The van der Waals surface area contributed by atoms with E-state index in [1.54, 1.807) is 12.1 Å². The maximum Gasteiger partial charge on any atom is 0.300 e. The maximum atomic E-state index is 13.4. The first kappa shape index (κ1) is 17.4. The van der Waals surface area contributed by atoms with Crippen LogP contribution in [0.1, 0.15) is 23.6 Å². The molecule has 0 spiro atoms. The summed E-state index contributed by atoms with van der Waals surface area (Å²) in [4.78, 5) is 0.0924. The van der Waals surface area contributed by atoms with E-state index in [9.17, 15) is 12.8 Å². The second kappa shape index (κ2) is 6.46. The molecule has 1 aliphatic rings. The molecule has 1 aliphatic heterocycles. The van der Waals surface area contributed by atoms with Gasteiger partial charge < -0.3 is 4.74 Å². The predicted octanol–water partition coefficient (Wildman–Crippen LogP) is 4.13. The Morgan fingerprint density at radius 2 is 2.08 bits per heavy atom. The van der Waals surface area contributed by atoms with Crippen LogP contribution in [0.2, 0.25) is 0 Å². The molecular weight excluding hydrogens is 399 g/mol. The lowest BCUT2D eigenvalue weighted by atomic mass is 10.1. The monoisotopic (exact) mass is 414 g/mol. The van der Waals surface area contributed by atoms with Gasteiger partial charge in [0.2, 0.25) is 6.29 Å². The summed E-state index contributed by atoms with van der Waals surface area (Å²) in [7, 11) is -3.97. The van der Waals surface area contributed by atoms with E-state index in [-0.39, 0.29) is 11.3 Å². The minimum atomic E-state index is -3.97. The largest absolute Gasteiger partial charge is 0.462 e. The highest BCUT2D eigenvalue weighted by Crippen LogP contribution is 2.38. The van der Waals surface area contributed by atoms with Crippen LogP contribution in [0.5, 0.6) is 5.75 Å². The first-order chi connectivity index (χ1) is 11.3. The van der Waals surface area contributed by atoms with Gasteiger partial charge in [-0.05, 0) is 64.7 Å². The summed E-state index contributed by atoms with van der Waals surface area (Å²) in [5.41, 5.74) is 2.54. The highest BCUT2D eigenvalue weighted by atomic mass is 79.9. The smallest absolute Gasteiger partial charge is 0.300 e. The summed E-state index contributed by atoms with van der Waals surface area (Å²) >= 11 is 3.21. The molecule has 0 radical (unpaired) electrons. The van der Waals surface area contributed by atoms with Gasteiger partial charge >= 0.3 is 0 Å². The van der Waals surface area contributed by atoms with Crippen LogP contribution in [-0.2, 0) is 27.1 Å². The van der Waals surface area contributed by atoms with E-state index in [0.29, 0.717) is 15.8 Å². The van der Waals surface area contributed by atoms with Crippen molar-refractivity contribution in [2.24, 2.45) is 0 Å². The van der Waals surface area contributed by atoms with E-state index in [0.717, 1.165) is 17.5 Å². The standard InChI is InChI=1S/C17H16BrFO4S/c1-3-11-7-14(5-4-10(11)2)24(20,21)23-16-8-12-6-13(19)9-15(18)17(12)22-16/h4-7,9,16H,3,8H2,1-2H3. The molecule has 1 unspecified atom stereocenters. The van der Waals surface area contributed by atoms with Crippen LogP contribution >= 0.6 is 15.9 Å². The van der Waals surface area contributed by atoms with Gasteiger partial charge in [0.1, 0.15) is 11.6 Å². The van der Waals surface area contributed by atoms with Gasteiger partial charge in [-0.1, -0.05) is 13.0 Å². The van der Waals surface area contributed by atoms with Crippen molar-refractivity contribution < 1.29 is 21.7 Å². The van der Waals surface area contributed by atoms with Crippen LogP contribution in [0, 0.1) is 12.7 Å². The van der Waals surface area contributed by atoms with Crippen LogP contribution in [0.25, 0.3) is 0 Å². The average molecular weight is 415 g/mol. The fourth-order valence-corrected chi connectivity index (χ4v) is 4.27. The molecule has 0 N–H and O–H groups in total. The number of ether oxygens (including phenoxy) is 1. The minimum Gasteiger partial charge on any atom is -0.462 e. The zero-order chi connectivity index (χ0) is 17.5. The number of halogens is 2. The number of benzene rings is 2. The molecule has 3 rings (SSSR count). The first-order valence-electron chi connectivity index (χ1n) is 7.47. The molecule has 0 saturated carbocycles. The minimum absolute atomic E-state index is 0.0924. The van der Waals surface area contributed by atoms with Crippen LogP contribution in [0.15, 0.2) is 39.7 Å². The lowest BCUT2D eigenvalue weighted by Crippen LogP contribution is -2.22. The van der Waals surface area contributed by atoms with Crippen molar-refractivity contribution in [3.8, 4) is 5.75 Å². The lowest BCUT2D eigenvalue weighted by molar-refractivity contribution is 0.0308. The molecule has 24 heavy (non-hydrogen) atoms. The van der Waals surface area contributed by atoms with Crippen molar-refractivity contribution in [2.75, 3.05) is 0 Å². The van der Waals surface area contributed by atoms with Gasteiger partial charge in [-0.2, -0.15) is 8.42 Å². The van der Waals surface area contributed by atoms with E-state index in [2.05, 4.69) is 15.9 Å². The molecule has 2 aromatic rings. The van der Waals surface area contributed by atoms with Gasteiger partial charge in [-0.15, -0.1) is 0 Å².